The van der Waals surface area contributed by atoms with Gasteiger partial charge < -0.3 is 5.11 Å². The molecule has 0 aromatic heterocycles. The molecule has 0 radical (unpaired) electrons. The molecule has 1 unspecified atom stereocenters. The van der Waals surface area contributed by atoms with E-state index >= 15 is 0 Å². The van der Waals surface area contributed by atoms with E-state index in [-0.39, 0.29) is 0 Å². The van der Waals surface area contributed by atoms with Crippen molar-refractivity contribution in [3.05, 3.63) is 0 Å². The third-order valence-corrected chi connectivity index (χ3v) is 4.35. The Labute approximate surface area is 107 Å². The molecule has 0 aliphatic heterocycles. The lowest BCUT2D eigenvalue weighted by atomic mass is 9.89. The van der Waals surface area contributed by atoms with Crippen LogP contribution in [-0.4, -0.2) is 34.7 Å². The van der Waals surface area contributed by atoms with E-state index in [1.54, 1.807) is 0 Å². The molecule has 102 valence electrons. The maximum atomic E-state index is 9.24. The van der Waals surface area contributed by atoms with Crippen molar-refractivity contribution < 1.29 is 5.11 Å². The number of hydrogen-bond donors (Lipinski definition) is 1. The highest BCUT2D eigenvalue weighted by Crippen LogP contribution is 2.36. The third kappa shape index (κ3) is 4.59. The van der Waals surface area contributed by atoms with Crippen molar-refractivity contribution in [2.24, 2.45) is 0 Å². The van der Waals surface area contributed by atoms with Crippen LogP contribution in [0.25, 0.3) is 0 Å². The normalized spacial score (nSPS) is 19.6. The van der Waals surface area contributed by atoms with Crippen molar-refractivity contribution in [3.63, 3.8) is 0 Å². The first-order valence-electron chi connectivity index (χ1n) is 7.55. The first-order chi connectivity index (χ1) is 8.18. The van der Waals surface area contributed by atoms with Crippen LogP contribution in [0.2, 0.25) is 0 Å². The van der Waals surface area contributed by atoms with Gasteiger partial charge in [0.2, 0.25) is 0 Å². The predicted octanol–water partition coefficient (Wildman–Crippen LogP) is 3.58. The molecule has 1 N–H and O–H groups in total. The van der Waals surface area contributed by atoms with E-state index in [1.165, 1.54) is 51.4 Å². The van der Waals surface area contributed by atoms with Crippen molar-refractivity contribution in [1.82, 2.24) is 4.90 Å². The van der Waals surface area contributed by atoms with E-state index in [9.17, 15) is 5.11 Å². The van der Waals surface area contributed by atoms with Gasteiger partial charge in [-0.1, -0.05) is 39.5 Å². The first kappa shape index (κ1) is 15.0. The van der Waals surface area contributed by atoms with Gasteiger partial charge in [0.15, 0.2) is 0 Å². The number of nitrogens with zero attached hydrogens (tertiary/aromatic N) is 1. The Morgan fingerprint density at radius 2 is 1.88 bits per heavy atom. The number of rotatable bonds is 10. The summed E-state index contributed by atoms with van der Waals surface area (Å²) < 4.78 is 0. The molecular weight excluding hydrogens is 210 g/mol. The second kappa shape index (κ2) is 7.38. The smallest absolute Gasteiger partial charge is 0.0558 e. The molecule has 1 saturated carbocycles. The average molecular weight is 241 g/mol. The minimum atomic E-state index is 0.307. The van der Waals surface area contributed by atoms with Gasteiger partial charge in [0.1, 0.15) is 0 Å². The maximum absolute atomic E-state index is 9.24. The lowest BCUT2D eigenvalue weighted by Gasteiger charge is -2.41. The minimum Gasteiger partial charge on any atom is -0.395 e. The number of aliphatic hydroxyl groups excluding tert-OH is 1. The van der Waals surface area contributed by atoms with Gasteiger partial charge in [-0.05, 0) is 32.6 Å². The van der Waals surface area contributed by atoms with Gasteiger partial charge in [-0.25, -0.2) is 0 Å². The zero-order valence-electron chi connectivity index (χ0n) is 12.0. The van der Waals surface area contributed by atoms with Gasteiger partial charge in [0, 0.05) is 18.1 Å². The Hall–Kier alpha value is -0.0800. The largest absolute Gasteiger partial charge is 0.395 e. The van der Waals surface area contributed by atoms with E-state index in [1.807, 2.05) is 0 Å². The molecule has 1 fully saturated rings. The Bertz CT molecular complexity index is 203. The third-order valence-electron chi connectivity index (χ3n) is 4.35. The fraction of sp³-hybridized carbons (Fsp3) is 1.00. The Morgan fingerprint density at radius 1 is 1.18 bits per heavy atom. The molecule has 0 saturated heterocycles. The molecule has 2 heteroatoms. The maximum Gasteiger partial charge on any atom is 0.0558 e. The summed E-state index contributed by atoms with van der Waals surface area (Å²) in [5, 5.41) is 9.24. The van der Waals surface area contributed by atoms with Gasteiger partial charge in [-0.15, -0.1) is 0 Å². The molecule has 0 aromatic carbocycles. The summed E-state index contributed by atoms with van der Waals surface area (Å²) in [4.78, 5) is 2.58. The van der Waals surface area contributed by atoms with Crippen molar-refractivity contribution >= 4 is 0 Å². The monoisotopic (exact) mass is 241 g/mol. The van der Waals surface area contributed by atoms with Crippen LogP contribution in [0, 0.1) is 0 Å². The molecule has 0 aromatic rings. The van der Waals surface area contributed by atoms with Crippen LogP contribution in [-0.2, 0) is 0 Å². The van der Waals surface area contributed by atoms with Crippen molar-refractivity contribution in [3.8, 4) is 0 Å². The summed E-state index contributed by atoms with van der Waals surface area (Å²) >= 11 is 0. The topological polar surface area (TPSA) is 23.5 Å². The Balaban J connectivity index is 2.45. The summed E-state index contributed by atoms with van der Waals surface area (Å²) in [5.74, 6) is 0. The highest BCUT2D eigenvalue weighted by atomic mass is 16.3. The van der Waals surface area contributed by atoms with E-state index in [0.717, 1.165) is 12.6 Å². The van der Waals surface area contributed by atoms with Gasteiger partial charge in [0.05, 0.1) is 6.61 Å². The predicted molar refractivity (Wildman–Crippen MR) is 74.3 cm³/mol. The zero-order valence-corrected chi connectivity index (χ0v) is 12.0. The lowest BCUT2D eigenvalue weighted by Crippen LogP contribution is -2.48. The SMILES string of the molecule is CCCCCCC(C)(CC)N(CCO)C1CC1. The summed E-state index contributed by atoms with van der Waals surface area (Å²) in [6.07, 6.45) is 10.6. The number of β-amino-alcohol motifs (C(OH)–C–C–N with tert-alkyl or cyclic N) is 1. The van der Waals surface area contributed by atoms with E-state index in [0.29, 0.717) is 12.1 Å². The van der Waals surface area contributed by atoms with Crippen LogP contribution >= 0.6 is 0 Å². The van der Waals surface area contributed by atoms with Crippen molar-refractivity contribution in [2.75, 3.05) is 13.2 Å². The number of aliphatic hydroxyl groups is 1. The molecule has 0 spiro atoms. The second-order valence-electron chi connectivity index (χ2n) is 5.81. The first-order valence-corrected chi connectivity index (χ1v) is 7.55. The fourth-order valence-corrected chi connectivity index (χ4v) is 2.84. The second-order valence-corrected chi connectivity index (χ2v) is 5.81. The van der Waals surface area contributed by atoms with Gasteiger partial charge in [-0.3, -0.25) is 4.90 Å². The molecule has 17 heavy (non-hydrogen) atoms. The van der Waals surface area contributed by atoms with Crippen molar-refractivity contribution in [1.29, 1.82) is 0 Å². The van der Waals surface area contributed by atoms with Crippen LogP contribution in [0.4, 0.5) is 0 Å². The van der Waals surface area contributed by atoms with Gasteiger partial charge in [0.25, 0.3) is 0 Å². The lowest BCUT2D eigenvalue weighted by molar-refractivity contribution is 0.0589. The van der Waals surface area contributed by atoms with Crippen LogP contribution in [0.15, 0.2) is 0 Å². The summed E-state index contributed by atoms with van der Waals surface area (Å²) in [6.45, 7) is 8.13. The molecule has 0 heterocycles. The Kier molecular flexibility index (Phi) is 6.50. The highest BCUT2D eigenvalue weighted by molar-refractivity contribution is 4.95. The van der Waals surface area contributed by atoms with E-state index in [4.69, 9.17) is 0 Å². The summed E-state index contributed by atoms with van der Waals surface area (Å²) in [6, 6.07) is 0.762. The van der Waals surface area contributed by atoms with E-state index < -0.39 is 0 Å². The van der Waals surface area contributed by atoms with Crippen LogP contribution in [0.5, 0.6) is 0 Å². The van der Waals surface area contributed by atoms with Gasteiger partial charge in [-0.2, -0.15) is 0 Å². The number of unbranched alkanes of at least 4 members (excludes halogenated alkanes) is 3. The number of hydrogen-bond acceptors (Lipinski definition) is 2. The molecular formula is C15H31NO. The van der Waals surface area contributed by atoms with Gasteiger partial charge >= 0.3 is 0 Å². The van der Waals surface area contributed by atoms with E-state index in [2.05, 4.69) is 25.7 Å². The molecule has 2 nitrogen and oxygen atoms in total. The quantitative estimate of drug-likeness (QED) is 0.591. The summed E-state index contributed by atoms with van der Waals surface area (Å²) in [5.41, 5.74) is 0.317. The summed E-state index contributed by atoms with van der Waals surface area (Å²) in [7, 11) is 0. The molecule has 1 aliphatic rings. The molecule has 1 aliphatic carbocycles. The van der Waals surface area contributed by atoms with Crippen LogP contribution < -0.4 is 0 Å². The zero-order chi connectivity index (χ0) is 12.7. The van der Waals surface area contributed by atoms with Crippen LogP contribution in [0.3, 0.4) is 0 Å². The van der Waals surface area contributed by atoms with Crippen molar-refractivity contribution in [2.45, 2.75) is 83.7 Å². The molecule has 0 amide bonds. The van der Waals surface area contributed by atoms with Crippen LogP contribution in [0.1, 0.15) is 72.1 Å². The highest BCUT2D eigenvalue weighted by Gasteiger charge is 2.39. The fourth-order valence-electron chi connectivity index (χ4n) is 2.84. The molecule has 1 atom stereocenters. The average Bonchev–Trinajstić information content (AvgIpc) is 3.15. The molecule has 0 bridgehead atoms. The Morgan fingerprint density at radius 3 is 2.35 bits per heavy atom. The molecule has 1 rings (SSSR count). The minimum absolute atomic E-state index is 0.307. The standard InChI is InChI=1S/C15H31NO/c1-4-6-7-8-11-15(3,5-2)16(12-13-17)14-9-10-14/h14,17H,4-13H2,1-3H3.